The minimum atomic E-state index is -3.98. The molecule has 0 heterocycles. The van der Waals surface area contributed by atoms with E-state index in [-0.39, 0.29) is 52.8 Å². The first kappa shape index (κ1) is 32.5. The summed E-state index contributed by atoms with van der Waals surface area (Å²) in [6.07, 6.45) is -0.0880. The molecule has 0 amide bonds. The van der Waals surface area contributed by atoms with E-state index in [9.17, 15) is 23.6 Å². The molecule has 0 aliphatic carbocycles. The Morgan fingerprint density at radius 1 is 1.02 bits per heavy atom. The molecule has 0 aromatic heterocycles. The average molecular weight is 616 g/mol. The summed E-state index contributed by atoms with van der Waals surface area (Å²) in [4.78, 5) is 11.9. The van der Waals surface area contributed by atoms with Crippen molar-refractivity contribution in [3.8, 4) is 11.8 Å². The lowest BCUT2D eigenvalue weighted by molar-refractivity contribution is 0.0526. The van der Waals surface area contributed by atoms with Crippen molar-refractivity contribution >= 4 is 32.5 Å². The fourth-order valence-corrected chi connectivity index (χ4v) is 5.95. The quantitative estimate of drug-likeness (QED) is 0.200. The monoisotopic (exact) mass is 615 g/mol. The van der Waals surface area contributed by atoms with Crippen LogP contribution < -0.4 is 14.4 Å². The van der Waals surface area contributed by atoms with E-state index in [1.807, 2.05) is 18.2 Å². The van der Waals surface area contributed by atoms with Crippen molar-refractivity contribution in [2.75, 3.05) is 31.1 Å². The van der Waals surface area contributed by atoms with Gasteiger partial charge in [-0.2, -0.15) is 5.26 Å². The SMILES string of the molecule is CCOC(=O)c1ccc(S(=O)(=O)N(C)c2ccc(OC[C@@H](O)CNC(C)(C)Cc3ccc4ccccc4c3)c(C#N)c2)cc1. The first-order chi connectivity index (χ1) is 20.9. The van der Waals surface area contributed by atoms with Crippen LogP contribution in [0.1, 0.15) is 42.3 Å². The van der Waals surface area contributed by atoms with E-state index in [4.69, 9.17) is 9.47 Å². The van der Waals surface area contributed by atoms with Crippen LogP contribution in [0.4, 0.5) is 5.69 Å². The number of nitrogens with zero attached hydrogens (tertiary/aromatic N) is 2. The van der Waals surface area contributed by atoms with Gasteiger partial charge < -0.3 is 19.9 Å². The summed E-state index contributed by atoms with van der Waals surface area (Å²) in [5.74, 6) is -0.306. The molecule has 0 fully saturated rings. The van der Waals surface area contributed by atoms with Crippen LogP contribution in [0.15, 0.2) is 89.8 Å². The van der Waals surface area contributed by atoms with Gasteiger partial charge >= 0.3 is 5.97 Å². The van der Waals surface area contributed by atoms with Crippen LogP contribution in [0.25, 0.3) is 10.8 Å². The number of sulfonamides is 1. The highest BCUT2D eigenvalue weighted by Crippen LogP contribution is 2.28. The second-order valence-electron chi connectivity index (χ2n) is 11.1. The number of nitrogens with one attached hydrogen (secondary N) is 1. The summed E-state index contributed by atoms with van der Waals surface area (Å²) >= 11 is 0. The van der Waals surface area contributed by atoms with Crippen LogP contribution in [0.2, 0.25) is 0 Å². The number of hydrogen-bond donors (Lipinski definition) is 2. The van der Waals surface area contributed by atoms with Gasteiger partial charge in [0, 0.05) is 19.1 Å². The Labute approximate surface area is 258 Å². The van der Waals surface area contributed by atoms with E-state index in [0.717, 1.165) is 10.7 Å². The molecule has 0 spiro atoms. The number of hydrogen-bond acceptors (Lipinski definition) is 8. The minimum absolute atomic E-state index is 0.0222. The Bertz CT molecular complexity index is 1760. The van der Waals surface area contributed by atoms with E-state index >= 15 is 0 Å². The molecule has 1 atom stereocenters. The molecule has 10 heteroatoms. The molecule has 0 aliphatic rings. The second kappa shape index (κ2) is 13.9. The molecule has 4 aromatic carbocycles. The normalized spacial score (nSPS) is 12.4. The zero-order valence-electron chi connectivity index (χ0n) is 25.3. The summed E-state index contributed by atoms with van der Waals surface area (Å²) in [6.45, 7) is 6.25. The maximum atomic E-state index is 13.2. The first-order valence-corrected chi connectivity index (χ1v) is 15.7. The molecular formula is C34H37N3O6S. The zero-order valence-corrected chi connectivity index (χ0v) is 26.1. The number of benzene rings is 4. The van der Waals surface area contributed by atoms with Crippen molar-refractivity contribution in [3.05, 3.63) is 102 Å². The van der Waals surface area contributed by atoms with Gasteiger partial charge in [-0.1, -0.05) is 42.5 Å². The highest BCUT2D eigenvalue weighted by atomic mass is 32.2. The highest BCUT2D eigenvalue weighted by molar-refractivity contribution is 7.92. The standard InChI is InChI=1S/C34H37N3O6S/c1-5-42-33(39)26-12-15-31(16-13-26)44(40,41)37(4)29-14-17-32(28(19-29)21-35)43-23-30(38)22-36-34(2,3)20-24-10-11-25-8-6-7-9-27(25)18-24/h6-19,30,36,38H,5,20,22-23H2,1-4H3/t30-/m0/s1. The third-order valence-electron chi connectivity index (χ3n) is 7.18. The van der Waals surface area contributed by atoms with Gasteiger partial charge in [-0.3, -0.25) is 4.31 Å². The summed E-state index contributed by atoms with van der Waals surface area (Å²) in [5, 5.41) is 26.1. The maximum absolute atomic E-state index is 13.2. The minimum Gasteiger partial charge on any atom is -0.489 e. The molecule has 9 nitrogen and oxygen atoms in total. The molecule has 0 saturated carbocycles. The second-order valence-corrected chi connectivity index (χ2v) is 13.1. The van der Waals surface area contributed by atoms with Gasteiger partial charge in [0.2, 0.25) is 0 Å². The van der Waals surface area contributed by atoms with E-state index < -0.39 is 22.1 Å². The molecule has 230 valence electrons. The van der Waals surface area contributed by atoms with Crippen LogP contribution >= 0.6 is 0 Å². The van der Waals surface area contributed by atoms with E-state index in [0.29, 0.717) is 0 Å². The Kier molecular flexibility index (Phi) is 10.3. The Morgan fingerprint density at radius 2 is 1.73 bits per heavy atom. The molecule has 2 N–H and O–H groups in total. The molecular weight excluding hydrogens is 578 g/mol. The van der Waals surface area contributed by atoms with Crippen molar-refractivity contribution in [1.82, 2.24) is 5.32 Å². The van der Waals surface area contributed by atoms with Crippen molar-refractivity contribution in [1.29, 1.82) is 5.26 Å². The zero-order chi connectivity index (χ0) is 31.9. The number of ether oxygens (including phenoxy) is 2. The smallest absolute Gasteiger partial charge is 0.338 e. The molecule has 0 aliphatic heterocycles. The van der Waals surface area contributed by atoms with Crippen molar-refractivity contribution in [3.63, 3.8) is 0 Å². The van der Waals surface area contributed by atoms with Crippen LogP contribution in [0, 0.1) is 11.3 Å². The summed E-state index contributed by atoms with van der Waals surface area (Å²) < 4.78 is 38.2. The lowest BCUT2D eigenvalue weighted by Gasteiger charge is -2.28. The highest BCUT2D eigenvalue weighted by Gasteiger charge is 2.24. The van der Waals surface area contributed by atoms with Crippen molar-refractivity contribution in [2.24, 2.45) is 0 Å². The lowest BCUT2D eigenvalue weighted by Crippen LogP contribution is -2.46. The van der Waals surface area contributed by atoms with Crippen LogP contribution in [-0.2, 0) is 21.2 Å². The number of carbonyl (C=O) groups excluding carboxylic acids is 1. The van der Waals surface area contributed by atoms with Crippen LogP contribution in [0.3, 0.4) is 0 Å². The number of carbonyl (C=O) groups is 1. The van der Waals surface area contributed by atoms with E-state index in [2.05, 4.69) is 49.5 Å². The summed E-state index contributed by atoms with van der Waals surface area (Å²) in [7, 11) is -2.61. The van der Waals surface area contributed by atoms with Crippen molar-refractivity contribution in [2.45, 2.75) is 43.7 Å². The Hall–Kier alpha value is -4.43. The third-order valence-corrected chi connectivity index (χ3v) is 8.98. The van der Waals surface area contributed by atoms with Gasteiger partial charge in [0.05, 0.1) is 28.3 Å². The number of rotatable bonds is 13. The molecule has 0 unspecified atom stereocenters. The number of anilines is 1. The van der Waals surface area contributed by atoms with Crippen LogP contribution in [-0.4, -0.2) is 57.9 Å². The number of fused-ring (bicyclic) bond motifs is 1. The molecule has 4 aromatic rings. The third kappa shape index (κ3) is 7.94. The lowest BCUT2D eigenvalue weighted by atomic mass is 9.93. The van der Waals surface area contributed by atoms with E-state index in [1.54, 1.807) is 6.92 Å². The fraction of sp³-hybridized carbons (Fsp3) is 0.294. The summed E-state index contributed by atoms with van der Waals surface area (Å²) in [5.41, 5.74) is 1.51. The van der Waals surface area contributed by atoms with Gasteiger partial charge in [0.1, 0.15) is 24.5 Å². The topological polar surface area (TPSA) is 129 Å². The summed E-state index contributed by atoms with van der Waals surface area (Å²) in [6, 6.07) is 26.5. The predicted octanol–water partition coefficient (Wildman–Crippen LogP) is 5.06. The van der Waals surface area contributed by atoms with Gasteiger partial charge in [-0.05, 0) is 86.0 Å². The number of esters is 1. The average Bonchev–Trinajstić information content (AvgIpc) is 3.02. The molecule has 0 saturated heterocycles. The fourth-order valence-electron chi connectivity index (χ4n) is 4.76. The first-order valence-electron chi connectivity index (χ1n) is 14.3. The largest absolute Gasteiger partial charge is 0.489 e. The Morgan fingerprint density at radius 3 is 2.41 bits per heavy atom. The molecule has 0 bridgehead atoms. The van der Waals surface area contributed by atoms with Gasteiger partial charge in [-0.25, -0.2) is 13.2 Å². The van der Waals surface area contributed by atoms with E-state index in [1.165, 1.54) is 65.8 Å². The molecule has 4 rings (SSSR count). The van der Waals surface area contributed by atoms with Gasteiger partial charge in [0.15, 0.2) is 0 Å². The van der Waals surface area contributed by atoms with Gasteiger partial charge in [0.25, 0.3) is 10.0 Å². The van der Waals surface area contributed by atoms with Crippen LogP contribution in [0.5, 0.6) is 5.75 Å². The number of aliphatic hydroxyl groups excluding tert-OH is 1. The number of β-amino-alcohol motifs (C(OH)–C–C–N with tert-alkyl or cyclic N) is 1. The maximum Gasteiger partial charge on any atom is 0.338 e. The molecule has 0 radical (unpaired) electrons. The molecule has 44 heavy (non-hydrogen) atoms. The number of aliphatic hydroxyl groups is 1. The van der Waals surface area contributed by atoms with Crippen molar-refractivity contribution < 1.29 is 27.8 Å². The number of nitriles is 1. The van der Waals surface area contributed by atoms with Gasteiger partial charge in [-0.15, -0.1) is 0 Å². The predicted molar refractivity (Wildman–Crippen MR) is 170 cm³/mol. The Balaban J connectivity index is 1.35.